The van der Waals surface area contributed by atoms with Crippen LogP contribution < -0.4 is 15.7 Å². The molecule has 4 heterocycles. The number of nitrogens with zero attached hydrogens (tertiary/aromatic N) is 3. The molecule has 0 amide bonds. The van der Waals surface area contributed by atoms with Gasteiger partial charge in [-0.1, -0.05) is 36.4 Å². The summed E-state index contributed by atoms with van der Waals surface area (Å²) in [6, 6.07) is 19.0. The Balaban J connectivity index is 1.37. The maximum atomic E-state index is 6.06. The fourth-order valence-electron chi connectivity index (χ4n) is 4.49. The summed E-state index contributed by atoms with van der Waals surface area (Å²) in [4.78, 5) is 18.9. The minimum absolute atomic E-state index is 0.123. The normalized spacial score (nSPS) is 18.3. The van der Waals surface area contributed by atoms with Gasteiger partial charge in [0.05, 0.1) is 18.0 Å². The Bertz CT molecular complexity index is 1220. The molecule has 1 saturated heterocycles. The Hall–Kier alpha value is -3.42. The highest BCUT2D eigenvalue weighted by Gasteiger charge is 2.31. The van der Waals surface area contributed by atoms with E-state index in [0.717, 1.165) is 48.5 Å². The van der Waals surface area contributed by atoms with Gasteiger partial charge in [0, 0.05) is 24.8 Å². The van der Waals surface area contributed by atoms with Gasteiger partial charge in [0.2, 0.25) is 5.95 Å². The zero-order chi connectivity index (χ0) is 20.6. The fraction of sp³-hybridized carbons (Fsp3) is 0.250. The van der Waals surface area contributed by atoms with E-state index in [1.54, 1.807) is 0 Å². The summed E-state index contributed by atoms with van der Waals surface area (Å²) < 4.78 is 0. The van der Waals surface area contributed by atoms with Gasteiger partial charge in [0.15, 0.2) is 5.82 Å². The second-order valence-corrected chi connectivity index (χ2v) is 8.02. The Morgan fingerprint density at radius 1 is 1.03 bits per heavy atom. The summed E-state index contributed by atoms with van der Waals surface area (Å²) in [7, 11) is 0. The first kappa shape index (κ1) is 18.4. The van der Waals surface area contributed by atoms with Gasteiger partial charge in [-0.15, -0.1) is 0 Å². The molecule has 156 valence electrons. The Labute approximate surface area is 180 Å². The van der Waals surface area contributed by atoms with Gasteiger partial charge in [0.25, 0.3) is 0 Å². The van der Waals surface area contributed by atoms with Crippen molar-refractivity contribution < 1.29 is 4.84 Å². The number of anilines is 3. The molecule has 3 N–H and O–H groups in total. The van der Waals surface area contributed by atoms with Crippen molar-refractivity contribution in [1.29, 1.82) is 0 Å². The van der Waals surface area contributed by atoms with Gasteiger partial charge in [-0.25, -0.2) is 5.06 Å². The summed E-state index contributed by atoms with van der Waals surface area (Å²) in [5.74, 6) is 1.34. The van der Waals surface area contributed by atoms with E-state index in [1.165, 1.54) is 16.7 Å². The van der Waals surface area contributed by atoms with Crippen LogP contribution in [0.25, 0.3) is 11.0 Å². The van der Waals surface area contributed by atoms with Crippen molar-refractivity contribution in [2.45, 2.75) is 25.4 Å². The summed E-state index contributed by atoms with van der Waals surface area (Å²) >= 11 is 0. The highest BCUT2D eigenvalue weighted by Crippen LogP contribution is 2.37. The number of fused-ring (bicyclic) bond motifs is 2. The maximum absolute atomic E-state index is 6.06. The molecule has 7 heteroatoms. The molecule has 31 heavy (non-hydrogen) atoms. The molecule has 2 aromatic carbocycles. The van der Waals surface area contributed by atoms with Crippen molar-refractivity contribution in [1.82, 2.24) is 20.3 Å². The third-order valence-corrected chi connectivity index (χ3v) is 6.04. The van der Waals surface area contributed by atoms with Crippen molar-refractivity contribution in [3.63, 3.8) is 0 Å². The minimum Gasteiger partial charge on any atom is -0.346 e. The molecule has 4 aromatic rings. The lowest BCUT2D eigenvalue weighted by Gasteiger charge is -2.25. The molecule has 0 bridgehead atoms. The second kappa shape index (κ2) is 7.68. The van der Waals surface area contributed by atoms with E-state index in [2.05, 4.69) is 58.1 Å². The van der Waals surface area contributed by atoms with Gasteiger partial charge in [-0.2, -0.15) is 9.97 Å². The first-order valence-electron chi connectivity index (χ1n) is 10.8. The zero-order valence-corrected chi connectivity index (χ0v) is 17.1. The van der Waals surface area contributed by atoms with E-state index >= 15 is 0 Å². The first-order valence-corrected chi connectivity index (χ1v) is 10.8. The van der Waals surface area contributed by atoms with Gasteiger partial charge in [-0.05, 0) is 47.9 Å². The Morgan fingerprint density at radius 2 is 1.97 bits per heavy atom. The average molecular weight is 412 g/mol. The Morgan fingerprint density at radius 3 is 2.90 bits per heavy atom. The van der Waals surface area contributed by atoms with E-state index in [9.17, 15) is 0 Å². The summed E-state index contributed by atoms with van der Waals surface area (Å²) in [6.07, 6.45) is 3.85. The summed E-state index contributed by atoms with van der Waals surface area (Å²) in [5.41, 5.74) is 5.74. The molecule has 0 radical (unpaired) electrons. The molecular weight excluding hydrogens is 388 g/mol. The van der Waals surface area contributed by atoms with Crippen LogP contribution in [0.3, 0.4) is 0 Å². The van der Waals surface area contributed by atoms with Crippen LogP contribution in [0.2, 0.25) is 0 Å². The lowest BCUT2D eigenvalue weighted by molar-refractivity contribution is 0.157. The Kier molecular flexibility index (Phi) is 4.55. The summed E-state index contributed by atoms with van der Waals surface area (Å²) in [6.45, 7) is 2.60. The number of H-pyrrole nitrogens is 1. The van der Waals surface area contributed by atoms with Crippen LogP contribution in [0.1, 0.15) is 29.2 Å². The number of hydrogen-bond donors (Lipinski definition) is 3. The van der Waals surface area contributed by atoms with Gasteiger partial charge < -0.3 is 15.6 Å². The van der Waals surface area contributed by atoms with Crippen molar-refractivity contribution in [2.24, 2.45) is 0 Å². The number of rotatable bonds is 4. The number of aromatic amines is 1. The average Bonchev–Trinajstić information content (AvgIpc) is 3.49. The van der Waals surface area contributed by atoms with Gasteiger partial charge >= 0.3 is 0 Å². The van der Waals surface area contributed by atoms with Crippen LogP contribution in [0, 0.1) is 0 Å². The standard InChI is InChI=1S/C24H24N6O/c1-2-4-16(5-3-1)21-10-13-31-30(21)23-20-9-12-26-22(20)28-24(29-23)27-19-7-6-18-15-25-11-8-17(18)14-19/h1-7,9,12,14,21,25H,8,10-11,13,15H2,(H2,26,27,28,29)/t21-/m0/s1. The molecule has 2 aliphatic rings. The third-order valence-electron chi connectivity index (χ3n) is 6.04. The van der Waals surface area contributed by atoms with Gasteiger partial charge in [-0.3, -0.25) is 4.84 Å². The predicted octanol–water partition coefficient (Wildman–Crippen LogP) is 4.23. The maximum Gasteiger partial charge on any atom is 0.231 e. The molecule has 6 rings (SSSR count). The molecule has 1 atom stereocenters. The van der Waals surface area contributed by atoms with Crippen molar-refractivity contribution in [3.8, 4) is 0 Å². The quantitative estimate of drug-likeness (QED) is 0.466. The van der Waals surface area contributed by atoms with Crippen LogP contribution >= 0.6 is 0 Å². The second-order valence-electron chi connectivity index (χ2n) is 8.02. The number of hydroxylamine groups is 1. The number of nitrogens with one attached hydrogen (secondary N) is 3. The fourth-order valence-corrected chi connectivity index (χ4v) is 4.49. The van der Waals surface area contributed by atoms with E-state index in [1.807, 2.05) is 23.4 Å². The van der Waals surface area contributed by atoms with Gasteiger partial charge in [0.1, 0.15) is 5.65 Å². The molecular formula is C24H24N6O. The molecule has 1 fully saturated rings. The molecule has 0 saturated carbocycles. The number of hydrogen-bond acceptors (Lipinski definition) is 6. The summed E-state index contributed by atoms with van der Waals surface area (Å²) in [5, 5.41) is 9.71. The van der Waals surface area contributed by atoms with Crippen molar-refractivity contribution >= 4 is 28.5 Å². The third kappa shape index (κ3) is 3.41. The molecule has 2 aromatic heterocycles. The topological polar surface area (TPSA) is 78.1 Å². The SMILES string of the molecule is c1ccc([C@@H]2CCON2c2nc(Nc3ccc4c(c3)CCNC4)nc3[nH]ccc23)cc1. The number of aromatic nitrogens is 3. The van der Waals surface area contributed by atoms with Crippen molar-refractivity contribution in [2.75, 3.05) is 23.5 Å². The van der Waals surface area contributed by atoms with Crippen LogP contribution in [-0.4, -0.2) is 28.1 Å². The number of benzene rings is 2. The van der Waals surface area contributed by atoms with E-state index in [4.69, 9.17) is 14.8 Å². The minimum atomic E-state index is 0.123. The molecule has 0 unspecified atom stereocenters. The van der Waals surface area contributed by atoms with E-state index < -0.39 is 0 Å². The van der Waals surface area contributed by atoms with Crippen LogP contribution in [0.5, 0.6) is 0 Å². The van der Waals surface area contributed by atoms with Crippen molar-refractivity contribution in [3.05, 3.63) is 77.5 Å². The smallest absolute Gasteiger partial charge is 0.231 e. The van der Waals surface area contributed by atoms with Crippen LogP contribution in [0.4, 0.5) is 17.5 Å². The molecule has 7 nitrogen and oxygen atoms in total. The molecule has 0 spiro atoms. The van der Waals surface area contributed by atoms with E-state index in [0.29, 0.717) is 12.6 Å². The zero-order valence-electron chi connectivity index (χ0n) is 17.1. The molecule has 0 aliphatic carbocycles. The molecule has 2 aliphatic heterocycles. The largest absolute Gasteiger partial charge is 0.346 e. The highest BCUT2D eigenvalue weighted by molar-refractivity contribution is 5.88. The lowest BCUT2D eigenvalue weighted by Crippen LogP contribution is -2.23. The van der Waals surface area contributed by atoms with E-state index in [-0.39, 0.29) is 6.04 Å². The lowest BCUT2D eigenvalue weighted by atomic mass is 10.0. The monoisotopic (exact) mass is 412 g/mol. The predicted molar refractivity (Wildman–Crippen MR) is 121 cm³/mol. The highest BCUT2D eigenvalue weighted by atomic mass is 16.7. The van der Waals surface area contributed by atoms with Crippen LogP contribution in [-0.2, 0) is 17.8 Å². The first-order chi connectivity index (χ1) is 15.3. The van der Waals surface area contributed by atoms with Crippen LogP contribution in [0.15, 0.2) is 60.8 Å².